The summed E-state index contributed by atoms with van der Waals surface area (Å²) in [7, 11) is 0. The van der Waals surface area contributed by atoms with Crippen LogP contribution in [0.2, 0.25) is 0 Å². The molecule has 7 nitrogen and oxygen atoms in total. The van der Waals surface area contributed by atoms with Crippen molar-refractivity contribution in [2.45, 2.75) is 46.1 Å². The maximum atomic E-state index is 13.2. The van der Waals surface area contributed by atoms with Gasteiger partial charge in [0, 0.05) is 11.1 Å². The van der Waals surface area contributed by atoms with Gasteiger partial charge in [0.25, 0.3) is 5.91 Å². The summed E-state index contributed by atoms with van der Waals surface area (Å²) in [5.41, 5.74) is 1.15. The fraction of sp³-hybridized carbons (Fsp3) is 0.360. The first-order valence-electron chi connectivity index (χ1n) is 11.3. The number of benzene rings is 2. The Morgan fingerprint density at radius 3 is 2.41 bits per heavy atom. The lowest BCUT2D eigenvalue weighted by Crippen LogP contribution is -2.47. The fourth-order valence-electron chi connectivity index (χ4n) is 3.13. The van der Waals surface area contributed by atoms with E-state index in [4.69, 9.17) is 4.74 Å². The molecule has 34 heavy (non-hydrogen) atoms. The number of ether oxygens (including phenoxy) is 1. The van der Waals surface area contributed by atoms with E-state index >= 15 is 0 Å². The van der Waals surface area contributed by atoms with Crippen LogP contribution in [0, 0.1) is 11.7 Å². The summed E-state index contributed by atoms with van der Waals surface area (Å²) in [6.45, 7) is 6.58. The minimum Gasteiger partial charge on any atom is -0.494 e. The zero-order valence-corrected chi connectivity index (χ0v) is 20.3. The minimum absolute atomic E-state index is 0.106. The number of carbonyl (C=O) groups excluding carboxylic acids is 2. The molecule has 2 amide bonds. The van der Waals surface area contributed by atoms with Gasteiger partial charge >= 0.3 is 0 Å². The van der Waals surface area contributed by atoms with Gasteiger partial charge in [-0.15, -0.1) is 10.2 Å². The molecule has 3 rings (SSSR count). The van der Waals surface area contributed by atoms with Crippen LogP contribution in [-0.2, 0) is 4.79 Å². The minimum atomic E-state index is -0.754. The average Bonchev–Trinajstić information content (AvgIpc) is 3.31. The molecule has 2 unspecified atom stereocenters. The van der Waals surface area contributed by atoms with Crippen molar-refractivity contribution in [2.24, 2.45) is 5.92 Å². The summed E-state index contributed by atoms with van der Waals surface area (Å²) >= 11 is 1.18. The van der Waals surface area contributed by atoms with Crippen molar-refractivity contribution in [2.75, 3.05) is 11.9 Å². The summed E-state index contributed by atoms with van der Waals surface area (Å²) in [4.78, 5) is 25.8. The SMILES string of the molecule is CCCCOc1ccc(C(=O)NC(C(=O)Nc2nnc(-c3ccc(F)cc3)s2)C(C)CC)cc1. The van der Waals surface area contributed by atoms with Gasteiger partial charge in [-0.05, 0) is 60.9 Å². The third kappa shape index (κ3) is 6.84. The summed E-state index contributed by atoms with van der Waals surface area (Å²) < 4.78 is 18.8. The second-order valence-corrected chi connectivity index (χ2v) is 8.95. The lowest BCUT2D eigenvalue weighted by molar-refractivity contribution is -0.119. The van der Waals surface area contributed by atoms with Gasteiger partial charge in [0.2, 0.25) is 11.0 Å². The molecule has 0 saturated carbocycles. The average molecular weight is 485 g/mol. The lowest BCUT2D eigenvalue weighted by atomic mass is 9.98. The highest BCUT2D eigenvalue weighted by atomic mass is 32.1. The molecule has 1 heterocycles. The zero-order chi connectivity index (χ0) is 24.5. The molecule has 2 aromatic carbocycles. The number of halogens is 1. The number of anilines is 1. The molecule has 0 bridgehead atoms. The van der Waals surface area contributed by atoms with Crippen LogP contribution in [0.5, 0.6) is 5.75 Å². The Bertz CT molecular complexity index is 1090. The van der Waals surface area contributed by atoms with Gasteiger partial charge in [0.15, 0.2) is 0 Å². The first-order valence-corrected chi connectivity index (χ1v) is 12.2. The Labute approximate surface area is 202 Å². The van der Waals surface area contributed by atoms with Crippen LogP contribution in [-0.4, -0.2) is 34.7 Å². The Kier molecular flexibility index (Phi) is 9.09. The molecule has 0 spiro atoms. The number of rotatable bonds is 11. The van der Waals surface area contributed by atoms with Crippen LogP contribution in [0.15, 0.2) is 48.5 Å². The Morgan fingerprint density at radius 1 is 1.06 bits per heavy atom. The van der Waals surface area contributed by atoms with E-state index in [1.54, 1.807) is 36.4 Å². The van der Waals surface area contributed by atoms with E-state index in [1.807, 2.05) is 13.8 Å². The molecule has 0 saturated heterocycles. The molecular formula is C25H29FN4O3S. The summed E-state index contributed by atoms with van der Waals surface area (Å²) in [6.07, 6.45) is 2.71. The van der Waals surface area contributed by atoms with Crippen LogP contribution in [0.3, 0.4) is 0 Å². The molecule has 9 heteroatoms. The standard InChI is InChI=1S/C25H29FN4O3S/c1-4-6-15-33-20-13-9-17(10-14-20)22(31)27-21(16(3)5-2)23(32)28-25-30-29-24(34-25)18-7-11-19(26)12-8-18/h7-14,16,21H,4-6,15H2,1-3H3,(H,27,31)(H,28,30,32). The normalized spacial score (nSPS) is 12.6. The Hall–Kier alpha value is -3.33. The van der Waals surface area contributed by atoms with Crippen molar-refractivity contribution in [3.8, 4) is 16.3 Å². The summed E-state index contributed by atoms with van der Waals surface area (Å²) in [5.74, 6) is -0.457. The smallest absolute Gasteiger partial charge is 0.251 e. The topological polar surface area (TPSA) is 93.2 Å². The molecular weight excluding hydrogens is 455 g/mol. The summed E-state index contributed by atoms with van der Waals surface area (Å²) in [5, 5.41) is 14.5. The van der Waals surface area contributed by atoms with Gasteiger partial charge in [0.1, 0.15) is 22.6 Å². The van der Waals surface area contributed by atoms with E-state index in [-0.39, 0.29) is 23.5 Å². The number of hydrogen-bond donors (Lipinski definition) is 2. The molecule has 0 aliphatic rings. The molecule has 2 N–H and O–H groups in total. The van der Waals surface area contributed by atoms with Gasteiger partial charge in [-0.3, -0.25) is 14.9 Å². The van der Waals surface area contributed by atoms with Crippen LogP contribution in [0.1, 0.15) is 50.4 Å². The molecule has 2 atom stereocenters. The molecule has 0 aliphatic heterocycles. The van der Waals surface area contributed by atoms with Crippen LogP contribution < -0.4 is 15.4 Å². The molecule has 0 aliphatic carbocycles. The first kappa shape index (κ1) is 25.3. The fourth-order valence-corrected chi connectivity index (χ4v) is 3.88. The number of nitrogens with one attached hydrogen (secondary N) is 2. The van der Waals surface area contributed by atoms with Crippen molar-refractivity contribution < 1.29 is 18.7 Å². The number of amides is 2. The number of aromatic nitrogens is 2. The highest BCUT2D eigenvalue weighted by Gasteiger charge is 2.27. The lowest BCUT2D eigenvalue weighted by Gasteiger charge is -2.23. The maximum Gasteiger partial charge on any atom is 0.251 e. The van der Waals surface area contributed by atoms with Crippen LogP contribution in [0.4, 0.5) is 9.52 Å². The highest BCUT2D eigenvalue weighted by molar-refractivity contribution is 7.18. The van der Waals surface area contributed by atoms with E-state index in [2.05, 4.69) is 27.8 Å². The quantitative estimate of drug-likeness (QED) is 0.360. The van der Waals surface area contributed by atoms with Crippen LogP contribution in [0.25, 0.3) is 10.6 Å². The molecule has 0 fully saturated rings. The Morgan fingerprint density at radius 2 is 1.76 bits per heavy atom. The largest absolute Gasteiger partial charge is 0.494 e. The number of nitrogens with zero attached hydrogens (tertiary/aromatic N) is 2. The van der Waals surface area contributed by atoms with Crippen molar-refractivity contribution >= 4 is 28.3 Å². The van der Waals surface area contributed by atoms with Crippen molar-refractivity contribution in [1.82, 2.24) is 15.5 Å². The molecule has 3 aromatic rings. The maximum absolute atomic E-state index is 13.2. The molecule has 180 valence electrons. The Balaban J connectivity index is 1.65. The zero-order valence-electron chi connectivity index (χ0n) is 19.5. The van der Waals surface area contributed by atoms with E-state index < -0.39 is 6.04 Å². The molecule has 1 aromatic heterocycles. The number of hydrogen-bond acceptors (Lipinski definition) is 6. The monoisotopic (exact) mass is 484 g/mol. The van der Waals surface area contributed by atoms with Gasteiger partial charge < -0.3 is 10.1 Å². The molecule has 0 radical (unpaired) electrons. The predicted molar refractivity (Wildman–Crippen MR) is 131 cm³/mol. The van der Waals surface area contributed by atoms with Crippen molar-refractivity contribution in [1.29, 1.82) is 0 Å². The second kappa shape index (κ2) is 12.2. The van der Waals surface area contributed by atoms with Gasteiger partial charge in [-0.2, -0.15) is 0 Å². The van der Waals surface area contributed by atoms with Crippen molar-refractivity contribution in [3.63, 3.8) is 0 Å². The second-order valence-electron chi connectivity index (χ2n) is 7.97. The predicted octanol–water partition coefficient (Wildman–Crippen LogP) is 5.31. The highest BCUT2D eigenvalue weighted by Crippen LogP contribution is 2.27. The van der Waals surface area contributed by atoms with Gasteiger partial charge in [0.05, 0.1) is 6.61 Å². The third-order valence-electron chi connectivity index (χ3n) is 5.41. The van der Waals surface area contributed by atoms with Crippen molar-refractivity contribution in [3.05, 3.63) is 59.9 Å². The third-order valence-corrected chi connectivity index (χ3v) is 6.30. The van der Waals surface area contributed by atoms with E-state index in [1.165, 1.54) is 23.5 Å². The number of carbonyl (C=O) groups is 2. The van der Waals surface area contributed by atoms with Crippen LogP contribution >= 0.6 is 11.3 Å². The summed E-state index contributed by atoms with van der Waals surface area (Å²) in [6, 6.07) is 12.0. The van der Waals surface area contributed by atoms with Gasteiger partial charge in [-0.1, -0.05) is 44.9 Å². The van der Waals surface area contributed by atoms with Gasteiger partial charge in [-0.25, -0.2) is 4.39 Å². The van der Waals surface area contributed by atoms with E-state index in [9.17, 15) is 14.0 Å². The van der Waals surface area contributed by atoms with E-state index in [0.29, 0.717) is 40.0 Å². The van der Waals surface area contributed by atoms with E-state index in [0.717, 1.165) is 12.8 Å². The first-order chi connectivity index (χ1) is 16.4. The number of unbranched alkanes of at least 4 members (excludes halogenated alkanes) is 1.